The molecule has 6 nitrogen and oxygen atoms in total. The summed E-state index contributed by atoms with van der Waals surface area (Å²) in [7, 11) is 0. The Kier molecular flexibility index (Phi) is 4.39. The number of benzene rings is 1. The van der Waals surface area contributed by atoms with Crippen molar-refractivity contribution in [3.05, 3.63) is 18.2 Å². The molecule has 2 N–H and O–H groups in total. The highest BCUT2D eigenvalue weighted by molar-refractivity contribution is 5.86. The van der Waals surface area contributed by atoms with E-state index in [2.05, 4.69) is 10.6 Å². The Balaban J connectivity index is 1.59. The van der Waals surface area contributed by atoms with Crippen molar-refractivity contribution in [1.82, 2.24) is 0 Å². The molecule has 24 heavy (non-hydrogen) atoms. The van der Waals surface area contributed by atoms with Crippen LogP contribution in [0.1, 0.15) is 40.0 Å². The van der Waals surface area contributed by atoms with Crippen molar-refractivity contribution in [2.45, 2.75) is 51.7 Å². The molecule has 1 aliphatic heterocycles. The molecule has 2 aliphatic rings. The van der Waals surface area contributed by atoms with Gasteiger partial charge in [-0.3, -0.25) is 10.1 Å². The summed E-state index contributed by atoms with van der Waals surface area (Å²) in [6.07, 6.45) is 1.88. The number of ketones is 1. The number of carbonyl (C=O) groups is 2. The van der Waals surface area contributed by atoms with E-state index in [1.54, 1.807) is 18.2 Å². The molecule has 3 rings (SSSR count). The summed E-state index contributed by atoms with van der Waals surface area (Å²) >= 11 is 0. The number of carbonyl (C=O) groups excluding carboxylic acids is 2. The minimum atomic E-state index is -0.541. The average Bonchev–Trinajstić information content (AvgIpc) is 3.30. The molecule has 6 heteroatoms. The Hall–Kier alpha value is -2.24. The number of rotatable bonds is 4. The molecular formula is C18H24N2O4. The second-order valence-electron chi connectivity index (χ2n) is 7.40. The van der Waals surface area contributed by atoms with Gasteiger partial charge >= 0.3 is 6.09 Å². The van der Waals surface area contributed by atoms with E-state index in [1.807, 2.05) is 20.8 Å². The van der Waals surface area contributed by atoms with Gasteiger partial charge in [0.2, 0.25) is 0 Å². The lowest BCUT2D eigenvalue weighted by Gasteiger charge is -2.27. The van der Waals surface area contributed by atoms with Crippen LogP contribution in [0.15, 0.2) is 18.2 Å². The van der Waals surface area contributed by atoms with Crippen LogP contribution >= 0.6 is 0 Å². The van der Waals surface area contributed by atoms with Crippen LogP contribution in [0.2, 0.25) is 0 Å². The smallest absolute Gasteiger partial charge is 0.412 e. The number of hydrogen-bond donors (Lipinski definition) is 2. The van der Waals surface area contributed by atoms with Gasteiger partial charge in [-0.05, 0) is 51.8 Å². The quantitative estimate of drug-likeness (QED) is 0.881. The first-order chi connectivity index (χ1) is 11.3. The number of amides is 1. The number of Topliss-reactive ketones (excluding diaryl/α,β-unsaturated/α-hetero) is 1. The Morgan fingerprint density at radius 1 is 1.33 bits per heavy atom. The van der Waals surface area contributed by atoms with Crippen molar-refractivity contribution in [3.63, 3.8) is 0 Å². The summed E-state index contributed by atoms with van der Waals surface area (Å²) in [5, 5.41) is 5.97. The largest absolute Gasteiger partial charge is 0.486 e. The number of anilines is 2. The van der Waals surface area contributed by atoms with Crippen molar-refractivity contribution in [2.24, 2.45) is 5.92 Å². The third kappa shape index (κ3) is 4.40. The molecule has 1 aromatic carbocycles. The summed E-state index contributed by atoms with van der Waals surface area (Å²) in [5.74, 6) is 1.26. The van der Waals surface area contributed by atoms with E-state index < -0.39 is 11.7 Å². The van der Waals surface area contributed by atoms with Gasteiger partial charge in [0.05, 0.1) is 12.2 Å². The highest BCUT2D eigenvalue weighted by atomic mass is 16.6. The molecule has 0 spiro atoms. The maximum Gasteiger partial charge on any atom is 0.412 e. The normalized spacial score (nSPS) is 19.5. The molecule has 0 aromatic heterocycles. The van der Waals surface area contributed by atoms with E-state index in [-0.39, 0.29) is 12.0 Å². The molecule has 0 saturated heterocycles. The molecule has 1 aliphatic carbocycles. The first kappa shape index (κ1) is 16.6. The molecule has 1 aromatic rings. The average molecular weight is 332 g/mol. The van der Waals surface area contributed by atoms with Gasteiger partial charge in [0.25, 0.3) is 0 Å². The summed E-state index contributed by atoms with van der Waals surface area (Å²) in [6.45, 7) is 6.04. The molecule has 0 radical (unpaired) electrons. The van der Waals surface area contributed by atoms with E-state index in [1.165, 1.54) is 0 Å². The Morgan fingerprint density at radius 3 is 2.75 bits per heavy atom. The standard InChI is InChI=1S/C18H24N2O4/c1-18(2,3)24-17(22)20-12-6-7-16-14(8-12)19-10-13(23-16)9-15(21)11-4-5-11/h6-8,11,13,19H,4-5,9-10H2,1-3H3,(H,20,22). The Bertz CT molecular complexity index is 647. The highest BCUT2D eigenvalue weighted by Gasteiger charge is 2.32. The minimum absolute atomic E-state index is 0.129. The maximum absolute atomic E-state index is 11.9. The van der Waals surface area contributed by atoms with Gasteiger partial charge in [-0.25, -0.2) is 4.79 Å². The van der Waals surface area contributed by atoms with Crippen molar-refractivity contribution >= 4 is 23.3 Å². The highest BCUT2D eigenvalue weighted by Crippen LogP contribution is 2.35. The Morgan fingerprint density at radius 2 is 2.08 bits per heavy atom. The third-order valence-corrected chi connectivity index (χ3v) is 3.90. The van der Waals surface area contributed by atoms with Gasteiger partial charge in [0, 0.05) is 18.0 Å². The molecule has 1 fully saturated rings. The molecule has 130 valence electrons. The molecule has 1 atom stereocenters. The maximum atomic E-state index is 11.9. The van der Waals surface area contributed by atoms with E-state index >= 15 is 0 Å². The monoisotopic (exact) mass is 332 g/mol. The lowest BCUT2D eigenvalue weighted by Crippen LogP contribution is -2.33. The van der Waals surface area contributed by atoms with Gasteiger partial charge in [-0.15, -0.1) is 0 Å². The zero-order valence-electron chi connectivity index (χ0n) is 14.3. The molecule has 0 bridgehead atoms. The fraction of sp³-hybridized carbons (Fsp3) is 0.556. The SMILES string of the molecule is CC(C)(C)OC(=O)Nc1ccc2c(c1)NCC(CC(=O)C1CC1)O2. The van der Waals surface area contributed by atoms with E-state index in [9.17, 15) is 9.59 Å². The summed E-state index contributed by atoms with van der Waals surface area (Å²) in [4.78, 5) is 23.7. The number of hydrogen-bond acceptors (Lipinski definition) is 5. The predicted molar refractivity (Wildman–Crippen MR) is 91.6 cm³/mol. The molecule has 1 unspecified atom stereocenters. The van der Waals surface area contributed by atoms with Crippen LogP contribution in [0, 0.1) is 5.92 Å². The zero-order chi connectivity index (χ0) is 17.3. The van der Waals surface area contributed by atoms with Crippen molar-refractivity contribution in [2.75, 3.05) is 17.2 Å². The van der Waals surface area contributed by atoms with Gasteiger partial charge in [-0.1, -0.05) is 0 Å². The fourth-order valence-corrected chi connectivity index (χ4v) is 2.63. The number of ether oxygens (including phenoxy) is 2. The molecule has 1 heterocycles. The zero-order valence-corrected chi connectivity index (χ0v) is 14.3. The number of nitrogens with one attached hydrogen (secondary N) is 2. The lowest BCUT2D eigenvalue weighted by atomic mass is 10.1. The first-order valence-electron chi connectivity index (χ1n) is 8.37. The topological polar surface area (TPSA) is 76.7 Å². The number of fused-ring (bicyclic) bond motifs is 1. The second kappa shape index (κ2) is 6.34. The molecule has 1 saturated carbocycles. The van der Waals surface area contributed by atoms with Crippen LogP contribution < -0.4 is 15.4 Å². The van der Waals surface area contributed by atoms with Crippen molar-refractivity contribution in [1.29, 1.82) is 0 Å². The van der Waals surface area contributed by atoms with Gasteiger partial charge in [-0.2, -0.15) is 0 Å². The van der Waals surface area contributed by atoms with Crippen LogP contribution in [-0.4, -0.2) is 30.1 Å². The van der Waals surface area contributed by atoms with Crippen LogP contribution in [0.25, 0.3) is 0 Å². The van der Waals surface area contributed by atoms with Gasteiger partial charge < -0.3 is 14.8 Å². The van der Waals surface area contributed by atoms with Crippen molar-refractivity contribution in [3.8, 4) is 5.75 Å². The summed E-state index contributed by atoms with van der Waals surface area (Å²) in [6, 6.07) is 5.36. The van der Waals surface area contributed by atoms with E-state index in [4.69, 9.17) is 9.47 Å². The Labute approximate surface area is 141 Å². The summed E-state index contributed by atoms with van der Waals surface area (Å²) in [5.41, 5.74) is 0.895. The predicted octanol–water partition coefficient (Wildman–Crippen LogP) is 3.58. The van der Waals surface area contributed by atoms with Crippen LogP contribution in [0.4, 0.5) is 16.2 Å². The van der Waals surface area contributed by atoms with Gasteiger partial charge in [0.1, 0.15) is 23.2 Å². The lowest BCUT2D eigenvalue weighted by molar-refractivity contribution is -0.121. The minimum Gasteiger partial charge on any atom is -0.486 e. The third-order valence-electron chi connectivity index (χ3n) is 3.90. The van der Waals surface area contributed by atoms with E-state index in [0.717, 1.165) is 18.5 Å². The van der Waals surface area contributed by atoms with Crippen LogP contribution in [0.3, 0.4) is 0 Å². The molecule has 1 amide bonds. The van der Waals surface area contributed by atoms with Crippen LogP contribution in [-0.2, 0) is 9.53 Å². The first-order valence-corrected chi connectivity index (χ1v) is 8.37. The fourth-order valence-electron chi connectivity index (χ4n) is 2.63. The van der Waals surface area contributed by atoms with Crippen LogP contribution in [0.5, 0.6) is 5.75 Å². The molecular weight excluding hydrogens is 308 g/mol. The van der Waals surface area contributed by atoms with Gasteiger partial charge in [0.15, 0.2) is 0 Å². The summed E-state index contributed by atoms with van der Waals surface area (Å²) < 4.78 is 11.1. The van der Waals surface area contributed by atoms with E-state index in [0.29, 0.717) is 30.2 Å². The van der Waals surface area contributed by atoms with Crippen molar-refractivity contribution < 1.29 is 19.1 Å². The second-order valence-corrected chi connectivity index (χ2v) is 7.40.